The number of benzene rings is 10. The van der Waals surface area contributed by atoms with Crippen LogP contribution in [0.2, 0.25) is 0 Å². The Morgan fingerprint density at radius 2 is 0.568 bits per heavy atom. The number of hydrogen-bond donors (Lipinski definition) is 0. The minimum Gasteiger partial charge on any atom is -0.366 e. The maximum atomic E-state index is 7.37. The molecule has 0 aliphatic carbocycles. The van der Waals surface area contributed by atoms with Gasteiger partial charge in [0.1, 0.15) is 0 Å². The van der Waals surface area contributed by atoms with Gasteiger partial charge in [-0.3, -0.25) is 11.8 Å². The van der Waals surface area contributed by atoms with Crippen molar-refractivity contribution in [1.82, 2.24) is 9.13 Å². The molecule has 0 radical (unpaired) electrons. The standard InChI is InChI=1S/C28H28P2.2C20H12N.2Au/c1-5-15-25(16-6-1)29(26-17-7-2-8-18-26)23-13-14-24-30(27-19-9-3-10-20-27)28-21-11-4-12-22-28;2*1-2-15-12-13-18-17-10-6-7-11-19(17)21(20(18)14-15)16-8-4-3-5-9-16;;/h1-12,15-22H,13-14,23-24H2;2*3-14H;;/q;2*-1;2*+1/p+2. The molecule has 0 unspecified atom stereocenters. The molecule has 12 aromatic rings. The van der Waals surface area contributed by atoms with E-state index in [1.807, 2.05) is 60.7 Å². The Balaban J connectivity index is 0.000000149. The molecule has 2 heterocycles. The summed E-state index contributed by atoms with van der Waals surface area (Å²) in [6.45, 7) is 0. The van der Waals surface area contributed by atoms with E-state index >= 15 is 0 Å². The average Bonchev–Trinajstić information content (AvgIpc) is 3.98. The molecule has 12 rings (SSSR count). The van der Waals surface area contributed by atoms with Crippen molar-refractivity contribution in [2.45, 2.75) is 12.8 Å². The van der Waals surface area contributed by atoms with Crippen molar-refractivity contribution >= 4 is 80.7 Å². The topological polar surface area (TPSA) is 9.86 Å². The number of aromatic nitrogens is 2. The van der Waals surface area contributed by atoms with E-state index in [0.29, 0.717) is 0 Å². The first-order chi connectivity index (χ1) is 35.7. The van der Waals surface area contributed by atoms with Crippen LogP contribution in [0, 0.1) is 24.7 Å². The van der Waals surface area contributed by atoms with Crippen molar-refractivity contribution in [2.75, 3.05) is 12.3 Å². The number of para-hydroxylation sites is 4. The predicted molar refractivity (Wildman–Crippen MR) is 314 cm³/mol. The Labute approximate surface area is 470 Å². The van der Waals surface area contributed by atoms with Crippen LogP contribution in [0.15, 0.2) is 267 Å². The van der Waals surface area contributed by atoms with Gasteiger partial charge in [0.15, 0.2) is 0 Å². The van der Waals surface area contributed by atoms with Crippen molar-refractivity contribution in [2.24, 2.45) is 0 Å². The predicted octanol–water partition coefficient (Wildman–Crippen LogP) is 14.9. The maximum absolute atomic E-state index is 7.37. The molecule has 0 amide bonds. The SMILES string of the molecule is [Au+].[Au+].[C-]#Cc1ccc2c3ccccc3n(-c3ccccc3)c2c1.[C-]#Cc1ccc2c3ccccc3n(-c3ccccc3)c2c1.c1ccc([PH+](CCCC[PH+](c2ccccc2)c2ccccc2)c2ccccc2)cc1. The van der Waals surface area contributed by atoms with Crippen molar-refractivity contribution in [1.29, 1.82) is 0 Å². The minimum absolute atomic E-state index is 0. The maximum Gasteiger partial charge on any atom is 1.00 e. The first-order valence-electron chi connectivity index (χ1n) is 24.6. The number of unbranched alkanes of at least 4 members (excludes halogenated alkanes) is 1. The van der Waals surface area contributed by atoms with Gasteiger partial charge in [-0.2, -0.15) is 0 Å². The van der Waals surface area contributed by atoms with Crippen LogP contribution in [-0.4, -0.2) is 21.5 Å². The Bertz CT molecular complexity index is 3440. The van der Waals surface area contributed by atoms with Crippen molar-refractivity contribution in [3.05, 3.63) is 291 Å². The van der Waals surface area contributed by atoms with E-state index in [2.05, 4.69) is 227 Å². The summed E-state index contributed by atoms with van der Waals surface area (Å²) in [4.78, 5) is 0. The Kier molecular flexibility index (Phi) is 19.2. The van der Waals surface area contributed by atoms with E-state index < -0.39 is 15.8 Å². The quantitative estimate of drug-likeness (QED) is 0.0402. The van der Waals surface area contributed by atoms with Gasteiger partial charge in [-0.1, -0.05) is 158 Å². The second kappa shape index (κ2) is 26.5. The zero-order valence-corrected chi connectivity index (χ0v) is 47.1. The summed E-state index contributed by atoms with van der Waals surface area (Å²) in [5.74, 6) is 4.96. The molecule has 2 nitrogen and oxygen atoms in total. The zero-order valence-electron chi connectivity index (χ0n) is 40.7. The van der Waals surface area contributed by atoms with Gasteiger partial charge in [0.2, 0.25) is 0 Å². The molecule has 0 N–H and O–H groups in total. The van der Waals surface area contributed by atoms with Crippen molar-refractivity contribution in [3.63, 3.8) is 0 Å². The molecular weight excluding hydrogens is 1300 g/mol. The molecule has 0 aliphatic heterocycles. The molecule has 10 aromatic carbocycles. The Morgan fingerprint density at radius 3 is 0.878 bits per heavy atom. The summed E-state index contributed by atoms with van der Waals surface area (Å²) in [6.07, 6.45) is 19.9. The summed E-state index contributed by atoms with van der Waals surface area (Å²) >= 11 is 0. The summed E-state index contributed by atoms with van der Waals surface area (Å²) < 4.78 is 4.48. The van der Waals surface area contributed by atoms with Crippen LogP contribution < -0.4 is 21.2 Å². The first kappa shape index (κ1) is 53.5. The fraction of sp³-hybridized carbons (Fsp3) is 0.0588. The molecule has 0 fully saturated rings. The molecule has 2 aromatic heterocycles. The third-order valence-electron chi connectivity index (χ3n) is 13.3. The second-order valence-corrected chi connectivity index (χ2v) is 22.9. The molecule has 0 atom stereocenters. The smallest absolute Gasteiger partial charge is 0.366 e. The molecule has 0 aliphatic rings. The summed E-state index contributed by atoms with van der Waals surface area (Å²) in [6, 6.07) is 94.1. The number of hydrogen-bond acceptors (Lipinski definition) is 0. The van der Waals surface area contributed by atoms with Gasteiger partial charge in [0, 0.05) is 44.0 Å². The number of rotatable bonds is 11. The van der Waals surface area contributed by atoms with E-state index in [0.717, 1.165) is 33.5 Å². The van der Waals surface area contributed by atoms with E-state index in [4.69, 9.17) is 12.8 Å². The van der Waals surface area contributed by atoms with Gasteiger partial charge >= 0.3 is 44.8 Å². The summed E-state index contributed by atoms with van der Waals surface area (Å²) in [7, 11) is -1.43. The van der Waals surface area contributed by atoms with Gasteiger partial charge in [-0.25, -0.2) is 0 Å². The Hall–Kier alpha value is -6.74. The minimum atomic E-state index is -0.714. The molecule has 0 saturated heterocycles. The fourth-order valence-electron chi connectivity index (χ4n) is 9.88. The van der Waals surface area contributed by atoms with E-state index in [-0.39, 0.29) is 44.8 Å². The third-order valence-corrected chi connectivity index (χ3v) is 19.1. The number of fused-ring (bicyclic) bond motifs is 6. The zero-order chi connectivity index (χ0) is 48.9. The summed E-state index contributed by atoms with van der Waals surface area (Å²) in [5.41, 5.74) is 8.43. The van der Waals surface area contributed by atoms with Crippen LogP contribution in [0.5, 0.6) is 0 Å². The van der Waals surface area contributed by atoms with Gasteiger partial charge in [0.05, 0.1) is 60.4 Å². The van der Waals surface area contributed by atoms with Gasteiger partial charge < -0.3 is 22.0 Å². The van der Waals surface area contributed by atoms with Crippen LogP contribution >= 0.6 is 15.8 Å². The van der Waals surface area contributed by atoms with Crippen LogP contribution in [0.25, 0.3) is 55.0 Å². The molecule has 6 heteroatoms. The summed E-state index contributed by atoms with van der Waals surface area (Å²) in [5, 5.41) is 11.0. The van der Waals surface area contributed by atoms with Crippen LogP contribution in [-0.2, 0) is 44.8 Å². The van der Waals surface area contributed by atoms with Crippen LogP contribution in [0.3, 0.4) is 0 Å². The molecule has 0 bridgehead atoms. The third kappa shape index (κ3) is 12.3. The van der Waals surface area contributed by atoms with Crippen molar-refractivity contribution < 1.29 is 44.8 Å². The number of nitrogens with zero attached hydrogens (tertiary/aromatic N) is 2. The normalized spacial score (nSPS) is 10.6. The Morgan fingerprint density at radius 1 is 0.297 bits per heavy atom. The monoisotopic (exact) mass is 1350 g/mol. The first-order valence-corrected chi connectivity index (χ1v) is 28.1. The molecule has 74 heavy (non-hydrogen) atoms. The van der Waals surface area contributed by atoms with E-state index in [1.54, 1.807) is 0 Å². The van der Waals surface area contributed by atoms with Crippen LogP contribution in [0.1, 0.15) is 24.0 Å². The van der Waals surface area contributed by atoms with Crippen molar-refractivity contribution in [3.8, 4) is 23.2 Å². The van der Waals surface area contributed by atoms with Gasteiger partial charge in [-0.15, -0.1) is 35.4 Å². The van der Waals surface area contributed by atoms with Gasteiger partial charge in [0.25, 0.3) is 0 Å². The molecule has 0 spiro atoms. The van der Waals surface area contributed by atoms with E-state index in [1.165, 1.54) is 79.0 Å². The molecule has 366 valence electrons. The van der Waals surface area contributed by atoms with E-state index in [9.17, 15) is 0 Å². The second-order valence-electron chi connectivity index (χ2n) is 17.7. The van der Waals surface area contributed by atoms with Crippen LogP contribution in [0.4, 0.5) is 0 Å². The molecule has 0 saturated carbocycles. The fourth-order valence-corrected chi connectivity index (χ4v) is 15.3. The average molecular weight is 1360 g/mol. The largest absolute Gasteiger partial charge is 1.00 e. The molecular formula is C68H54Au2N2P2+2. The van der Waals surface area contributed by atoms with Gasteiger partial charge in [-0.05, 0) is 97.8 Å².